The average molecular weight is 203 g/mol. The summed E-state index contributed by atoms with van der Waals surface area (Å²) in [6.45, 7) is 2.83. The molecule has 0 bridgehead atoms. The first kappa shape index (κ1) is 8.67. The van der Waals surface area contributed by atoms with Gasteiger partial charge in [-0.2, -0.15) is 0 Å². The van der Waals surface area contributed by atoms with Gasteiger partial charge >= 0.3 is 0 Å². The number of aromatic nitrogens is 4. The Hall–Kier alpha value is -1.62. The first-order valence-corrected chi connectivity index (χ1v) is 5.08. The highest BCUT2D eigenvalue weighted by molar-refractivity contribution is 5.53. The predicted octanol–water partition coefficient (Wildman–Crippen LogP) is 0.387. The zero-order valence-corrected chi connectivity index (χ0v) is 8.64. The van der Waals surface area contributed by atoms with E-state index in [9.17, 15) is 0 Å². The Balaban J connectivity index is 2.08. The van der Waals surface area contributed by atoms with Gasteiger partial charge in [0.25, 0.3) is 0 Å². The second-order valence-corrected chi connectivity index (χ2v) is 3.81. The quantitative estimate of drug-likeness (QED) is 0.729. The van der Waals surface area contributed by atoms with Gasteiger partial charge in [0.05, 0.1) is 24.8 Å². The molecule has 0 radical (unpaired) electrons. The Labute approximate surface area is 87.8 Å². The van der Waals surface area contributed by atoms with Crippen LogP contribution < -0.4 is 5.32 Å². The minimum absolute atomic E-state index is 0.854. The molecule has 1 aliphatic heterocycles. The van der Waals surface area contributed by atoms with Gasteiger partial charge in [-0.3, -0.25) is 0 Å². The largest absolute Gasteiger partial charge is 0.340 e. The second kappa shape index (κ2) is 3.20. The van der Waals surface area contributed by atoms with E-state index in [1.165, 1.54) is 0 Å². The van der Waals surface area contributed by atoms with E-state index in [4.69, 9.17) is 0 Å². The number of nitrogens with zero attached hydrogens (tertiary/aromatic N) is 4. The van der Waals surface area contributed by atoms with Crippen LogP contribution >= 0.6 is 0 Å². The second-order valence-electron chi connectivity index (χ2n) is 3.81. The topological polar surface area (TPSA) is 47.7 Å². The van der Waals surface area contributed by atoms with E-state index in [0.29, 0.717) is 0 Å². The SMILES string of the molecule is Cn1cnc(-c2cnc3n2CCNC3)c1. The molecular formula is C10H13N5. The van der Waals surface area contributed by atoms with Gasteiger partial charge in [-0.15, -0.1) is 0 Å². The summed E-state index contributed by atoms with van der Waals surface area (Å²) < 4.78 is 4.19. The first-order valence-electron chi connectivity index (χ1n) is 5.08. The van der Waals surface area contributed by atoms with Gasteiger partial charge in [-0.25, -0.2) is 9.97 Å². The number of nitrogens with one attached hydrogen (secondary N) is 1. The molecule has 5 nitrogen and oxygen atoms in total. The van der Waals surface area contributed by atoms with Crippen molar-refractivity contribution in [3.63, 3.8) is 0 Å². The van der Waals surface area contributed by atoms with Crippen LogP contribution in [0.25, 0.3) is 11.4 Å². The lowest BCUT2D eigenvalue weighted by Crippen LogP contribution is -2.28. The summed E-state index contributed by atoms with van der Waals surface area (Å²) in [5, 5.41) is 3.30. The molecule has 0 aromatic carbocycles. The molecule has 78 valence electrons. The molecule has 3 heterocycles. The molecule has 2 aromatic heterocycles. The minimum Gasteiger partial charge on any atom is -0.340 e. The highest BCUT2D eigenvalue weighted by Gasteiger charge is 2.15. The summed E-state index contributed by atoms with van der Waals surface area (Å²) in [6, 6.07) is 0. The number of hydrogen-bond acceptors (Lipinski definition) is 3. The standard InChI is InChI=1S/C10H13N5/c1-14-6-8(13-7-14)9-4-12-10-5-11-2-3-15(9)10/h4,6-7,11H,2-3,5H2,1H3. The molecule has 15 heavy (non-hydrogen) atoms. The molecule has 0 atom stereocenters. The fourth-order valence-electron chi connectivity index (χ4n) is 1.95. The molecule has 5 heteroatoms. The Morgan fingerprint density at radius 1 is 1.40 bits per heavy atom. The number of hydrogen-bond donors (Lipinski definition) is 1. The number of rotatable bonds is 1. The van der Waals surface area contributed by atoms with E-state index < -0.39 is 0 Å². The summed E-state index contributed by atoms with van der Waals surface area (Å²) in [5.41, 5.74) is 2.12. The van der Waals surface area contributed by atoms with Crippen LogP contribution in [-0.2, 0) is 20.1 Å². The van der Waals surface area contributed by atoms with Crippen molar-refractivity contribution in [2.75, 3.05) is 6.54 Å². The average Bonchev–Trinajstić information content (AvgIpc) is 2.83. The summed E-state index contributed by atoms with van der Waals surface area (Å²) >= 11 is 0. The van der Waals surface area contributed by atoms with Crippen molar-refractivity contribution in [3.8, 4) is 11.4 Å². The van der Waals surface area contributed by atoms with E-state index in [1.807, 2.05) is 30.3 Å². The zero-order chi connectivity index (χ0) is 10.3. The monoisotopic (exact) mass is 203 g/mol. The fraction of sp³-hybridized carbons (Fsp3) is 0.400. The third kappa shape index (κ3) is 1.35. The molecule has 2 aromatic rings. The Morgan fingerprint density at radius 3 is 3.13 bits per heavy atom. The van der Waals surface area contributed by atoms with Crippen LogP contribution in [0, 0.1) is 0 Å². The highest BCUT2D eigenvalue weighted by Crippen LogP contribution is 2.19. The van der Waals surface area contributed by atoms with Crippen LogP contribution in [0.2, 0.25) is 0 Å². The van der Waals surface area contributed by atoms with Crippen LogP contribution in [0.4, 0.5) is 0 Å². The molecule has 0 saturated carbocycles. The van der Waals surface area contributed by atoms with Gasteiger partial charge in [-0.1, -0.05) is 0 Å². The molecule has 0 aliphatic carbocycles. The Morgan fingerprint density at radius 2 is 2.33 bits per heavy atom. The summed E-state index contributed by atoms with van der Waals surface area (Å²) in [4.78, 5) is 8.74. The zero-order valence-electron chi connectivity index (χ0n) is 8.64. The van der Waals surface area contributed by atoms with Crippen molar-refractivity contribution in [2.45, 2.75) is 13.1 Å². The lowest BCUT2D eigenvalue weighted by atomic mass is 10.3. The van der Waals surface area contributed by atoms with Crippen LogP contribution in [0.3, 0.4) is 0 Å². The molecule has 0 unspecified atom stereocenters. The maximum absolute atomic E-state index is 4.39. The van der Waals surface area contributed by atoms with Crippen molar-refractivity contribution in [2.24, 2.45) is 7.05 Å². The van der Waals surface area contributed by atoms with Gasteiger partial charge in [0.15, 0.2) is 0 Å². The predicted molar refractivity (Wildman–Crippen MR) is 56.1 cm³/mol. The smallest absolute Gasteiger partial charge is 0.123 e. The molecule has 0 amide bonds. The third-order valence-electron chi connectivity index (χ3n) is 2.70. The van der Waals surface area contributed by atoms with Crippen molar-refractivity contribution >= 4 is 0 Å². The minimum atomic E-state index is 0.854. The van der Waals surface area contributed by atoms with Gasteiger partial charge in [0.2, 0.25) is 0 Å². The summed E-state index contributed by atoms with van der Waals surface area (Å²) in [5.74, 6) is 1.10. The molecule has 1 N–H and O–H groups in total. The van der Waals surface area contributed by atoms with Gasteiger partial charge in [0.1, 0.15) is 11.5 Å². The molecule has 0 fully saturated rings. The third-order valence-corrected chi connectivity index (χ3v) is 2.70. The molecule has 0 saturated heterocycles. The van der Waals surface area contributed by atoms with Gasteiger partial charge < -0.3 is 14.5 Å². The van der Waals surface area contributed by atoms with Crippen LogP contribution in [0.1, 0.15) is 5.82 Å². The van der Waals surface area contributed by atoms with Gasteiger partial charge in [-0.05, 0) is 0 Å². The van der Waals surface area contributed by atoms with Crippen LogP contribution in [0.5, 0.6) is 0 Å². The number of fused-ring (bicyclic) bond motifs is 1. The lowest BCUT2D eigenvalue weighted by Gasteiger charge is -2.16. The highest BCUT2D eigenvalue weighted by atomic mass is 15.2. The number of imidazole rings is 2. The van der Waals surface area contributed by atoms with Gasteiger partial charge in [0, 0.05) is 26.3 Å². The summed E-state index contributed by atoms with van der Waals surface area (Å²) in [6.07, 6.45) is 5.74. The van der Waals surface area contributed by atoms with Crippen molar-refractivity contribution in [1.29, 1.82) is 0 Å². The maximum atomic E-state index is 4.39. The Bertz CT molecular complexity index is 482. The molecular weight excluding hydrogens is 190 g/mol. The normalized spacial score (nSPS) is 15.3. The first-order chi connectivity index (χ1) is 7.34. The van der Waals surface area contributed by atoms with Crippen LogP contribution in [-0.4, -0.2) is 25.6 Å². The van der Waals surface area contributed by atoms with Crippen molar-refractivity contribution in [1.82, 2.24) is 24.4 Å². The van der Waals surface area contributed by atoms with E-state index in [0.717, 1.165) is 36.8 Å². The van der Waals surface area contributed by atoms with Crippen molar-refractivity contribution < 1.29 is 0 Å². The molecule has 0 spiro atoms. The summed E-state index contributed by atoms with van der Waals surface area (Å²) in [7, 11) is 1.98. The lowest BCUT2D eigenvalue weighted by molar-refractivity contribution is 0.508. The van der Waals surface area contributed by atoms with Crippen LogP contribution in [0.15, 0.2) is 18.7 Å². The van der Waals surface area contributed by atoms with E-state index in [2.05, 4.69) is 19.9 Å². The fourth-order valence-corrected chi connectivity index (χ4v) is 1.95. The van der Waals surface area contributed by atoms with E-state index >= 15 is 0 Å². The molecule has 3 rings (SSSR count). The van der Waals surface area contributed by atoms with E-state index in [-0.39, 0.29) is 0 Å². The number of aryl methyl sites for hydroxylation is 1. The van der Waals surface area contributed by atoms with Crippen molar-refractivity contribution in [3.05, 3.63) is 24.5 Å². The Kier molecular flexibility index (Phi) is 1.85. The van der Waals surface area contributed by atoms with E-state index in [1.54, 1.807) is 0 Å². The molecule has 1 aliphatic rings. The maximum Gasteiger partial charge on any atom is 0.123 e.